The molecular weight excluding hydrogens is 362 g/mol. The van der Waals surface area contributed by atoms with E-state index in [2.05, 4.69) is 5.32 Å². The summed E-state index contributed by atoms with van der Waals surface area (Å²) >= 11 is 1.34. The highest BCUT2D eigenvalue weighted by Gasteiger charge is 2.15. The van der Waals surface area contributed by atoms with Gasteiger partial charge in [-0.15, -0.1) is 11.8 Å². The molecule has 25 heavy (non-hydrogen) atoms. The predicted octanol–water partition coefficient (Wildman–Crippen LogP) is 2.59. The Labute approximate surface area is 150 Å². The van der Waals surface area contributed by atoms with Gasteiger partial charge in [-0.2, -0.15) is 0 Å². The minimum atomic E-state index is -3.41. The molecule has 2 aromatic carbocycles. The van der Waals surface area contributed by atoms with Crippen molar-refractivity contribution in [3.8, 4) is 11.5 Å². The summed E-state index contributed by atoms with van der Waals surface area (Å²) in [6, 6.07) is 11.8. The first kappa shape index (κ1) is 17.6. The van der Waals surface area contributed by atoms with Crippen LogP contribution in [0.3, 0.4) is 0 Å². The van der Waals surface area contributed by atoms with Gasteiger partial charge >= 0.3 is 0 Å². The van der Waals surface area contributed by atoms with Gasteiger partial charge in [-0.25, -0.2) is 8.42 Å². The third kappa shape index (κ3) is 4.46. The number of sulfone groups is 1. The van der Waals surface area contributed by atoms with Crippen LogP contribution < -0.4 is 14.8 Å². The van der Waals surface area contributed by atoms with Crippen LogP contribution in [0.15, 0.2) is 52.3 Å². The molecule has 0 bridgehead atoms. The average molecular weight is 379 g/mol. The number of nitrogens with one attached hydrogen (secondary N) is 1. The summed E-state index contributed by atoms with van der Waals surface area (Å²) in [5.41, 5.74) is 0.290. The third-order valence-electron chi connectivity index (χ3n) is 3.44. The van der Waals surface area contributed by atoms with Gasteiger partial charge < -0.3 is 14.8 Å². The fraction of sp³-hybridized carbons (Fsp3) is 0.235. The van der Waals surface area contributed by atoms with Crippen LogP contribution in [0.2, 0.25) is 0 Å². The molecule has 0 fully saturated rings. The number of rotatable bonds is 5. The number of hydrogen-bond acceptors (Lipinski definition) is 6. The van der Waals surface area contributed by atoms with E-state index in [9.17, 15) is 13.2 Å². The Morgan fingerprint density at radius 2 is 1.84 bits per heavy atom. The molecule has 1 amide bonds. The van der Waals surface area contributed by atoms with Crippen molar-refractivity contribution in [2.75, 3.05) is 30.5 Å². The fourth-order valence-corrected chi connectivity index (χ4v) is 3.91. The number of carbonyl (C=O) groups is 1. The van der Waals surface area contributed by atoms with Gasteiger partial charge in [-0.1, -0.05) is 12.1 Å². The van der Waals surface area contributed by atoms with E-state index < -0.39 is 9.84 Å². The van der Waals surface area contributed by atoms with Crippen LogP contribution in [0.4, 0.5) is 5.69 Å². The predicted molar refractivity (Wildman–Crippen MR) is 96.3 cm³/mol. The molecule has 0 aromatic heterocycles. The molecule has 0 aliphatic carbocycles. The Morgan fingerprint density at radius 3 is 2.60 bits per heavy atom. The Morgan fingerprint density at radius 1 is 1.12 bits per heavy atom. The van der Waals surface area contributed by atoms with E-state index >= 15 is 0 Å². The van der Waals surface area contributed by atoms with E-state index in [1.165, 1.54) is 17.8 Å². The zero-order valence-corrected chi connectivity index (χ0v) is 15.2. The minimum absolute atomic E-state index is 0.104. The molecule has 1 aliphatic rings. The van der Waals surface area contributed by atoms with Crippen molar-refractivity contribution >= 4 is 33.2 Å². The van der Waals surface area contributed by atoms with Crippen molar-refractivity contribution in [3.63, 3.8) is 0 Å². The molecule has 0 saturated heterocycles. The van der Waals surface area contributed by atoms with E-state index in [4.69, 9.17) is 9.47 Å². The van der Waals surface area contributed by atoms with E-state index in [-0.39, 0.29) is 22.2 Å². The second-order valence-electron chi connectivity index (χ2n) is 5.41. The average Bonchev–Trinajstić information content (AvgIpc) is 2.59. The molecule has 0 saturated carbocycles. The second-order valence-corrected chi connectivity index (χ2v) is 8.44. The largest absolute Gasteiger partial charge is 0.486 e. The highest BCUT2D eigenvalue weighted by atomic mass is 32.2. The molecule has 8 heteroatoms. The highest BCUT2D eigenvalue weighted by molar-refractivity contribution is 8.00. The van der Waals surface area contributed by atoms with Gasteiger partial charge in [0.15, 0.2) is 21.3 Å². The quantitative estimate of drug-likeness (QED) is 0.804. The van der Waals surface area contributed by atoms with Crippen LogP contribution in [0, 0.1) is 0 Å². The van der Waals surface area contributed by atoms with Gasteiger partial charge in [0, 0.05) is 11.2 Å². The summed E-state index contributed by atoms with van der Waals surface area (Å²) in [4.78, 5) is 13.1. The number of para-hydroxylation sites is 1. The van der Waals surface area contributed by atoms with E-state index in [0.717, 1.165) is 11.2 Å². The number of ether oxygens (including phenoxy) is 2. The maximum atomic E-state index is 12.2. The molecule has 132 valence electrons. The first-order chi connectivity index (χ1) is 11.9. The lowest BCUT2D eigenvalue weighted by molar-refractivity contribution is -0.113. The first-order valence-electron chi connectivity index (χ1n) is 7.55. The number of carbonyl (C=O) groups excluding carboxylic acids is 1. The standard InChI is InChI=1S/C17H17NO5S2/c1-25(20,21)16-5-3-2-4-13(16)18-17(19)11-24-12-6-7-14-15(10-12)23-9-8-22-14/h2-7,10H,8-9,11H2,1H3,(H,18,19). The Kier molecular flexibility index (Phi) is 5.19. The molecule has 0 radical (unpaired) electrons. The van der Waals surface area contributed by atoms with Gasteiger partial charge in [0.1, 0.15) is 13.2 Å². The van der Waals surface area contributed by atoms with Crippen molar-refractivity contribution in [1.82, 2.24) is 0 Å². The van der Waals surface area contributed by atoms with Crippen LogP contribution in [-0.4, -0.2) is 39.5 Å². The molecular formula is C17H17NO5S2. The summed E-state index contributed by atoms with van der Waals surface area (Å²) < 4.78 is 34.5. The molecule has 0 atom stereocenters. The topological polar surface area (TPSA) is 81.7 Å². The number of amides is 1. The van der Waals surface area contributed by atoms with Gasteiger partial charge in [-0.3, -0.25) is 4.79 Å². The second kappa shape index (κ2) is 7.37. The van der Waals surface area contributed by atoms with Crippen molar-refractivity contribution in [2.24, 2.45) is 0 Å². The molecule has 1 heterocycles. The molecule has 2 aromatic rings. The molecule has 0 unspecified atom stereocenters. The Hall–Kier alpha value is -2.19. The summed E-state index contributed by atoms with van der Waals surface area (Å²) in [5.74, 6) is 1.23. The van der Waals surface area contributed by atoms with Gasteiger partial charge in [0.25, 0.3) is 0 Å². The zero-order chi connectivity index (χ0) is 17.9. The number of anilines is 1. The van der Waals surface area contributed by atoms with Gasteiger partial charge in [0.05, 0.1) is 16.3 Å². The molecule has 1 N–H and O–H groups in total. The van der Waals surface area contributed by atoms with Gasteiger partial charge in [-0.05, 0) is 30.3 Å². The maximum absolute atomic E-state index is 12.2. The zero-order valence-electron chi connectivity index (χ0n) is 13.5. The number of hydrogen-bond donors (Lipinski definition) is 1. The van der Waals surface area contributed by atoms with Crippen LogP contribution in [-0.2, 0) is 14.6 Å². The number of fused-ring (bicyclic) bond motifs is 1. The van der Waals surface area contributed by atoms with E-state index in [1.54, 1.807) is 18.2 Å². The molecule has 3 rings (SSSR count). The summed E-state index contributed by atoms with van der Waals surface area (Å²) in [5, 5.41) is 2.65. The normalized spacial score (nSPS) is 13.3. The highest BCUT2D eigenvalue weighted by Crippen LogP contribution is 2.34. The number of benzene rings is 2. The molecule has 0 spiro atoms. The Bertz CT molecular complexity index is 896. The van der Waals surface area contributed by atoms with Crippen LogP contribution in [0.25, 0.3) is 0 Å². The lowest BCUT2D eigenvalue weighted by Gasteiger charge is -2.18. The van der Waals surface area contributed by atoms with E-state index in [1.807, 2.05) is 18.2 Å². The smallest absolute Gasteiger partial charge is 0.234 e. The maximum Gasteiger partial charge on any atom is 0.234 e. The summed E-state index contributed by atoms with van der Waals surface area (Å²) in [6.45, 7) is 1.03. The SMILES string of the molecule is CS(=O)(=O)c1ccccc1NC(=O)CSc1ccc2c(c1)OCCO2. The van der Waals surface area contributed by atoms with Crippen LogP contribution >= 0.6 is 11.8 Å². The van der Waals surface area contributed by atoms with Crippen molar-refractivity contribution in [3.05, 3.63) is 42.5 Å². The fourth-order valence-electron chi connectivity index (χ4n) is 2.34. The number of thioether (sulfide) groups is 1. The third-order valence-corrected chi connectivity index (χ3v) is 5.59. The van der Waals surface area contributed by atoms with Crippen molar-refractivity contribution in [2.45, 2.75) is 9.79 Å². The molecule has 1 aliphatic heterocycles. The Balaban J connectivity index is 1.64. The lowest BCUT2D eigenvalue weighted by Crippen LogP contribution is -2.16. The lowest BCUT2D eigenvalue weighted by atomic mass is 10.3. The molecule has 6 nitrogen and oxygen atoms in total. The summed E-state index contributed by atoms with van der Waals surface area (Å²) in [6.07, 6.45) is 1.11. The monoisotopic (exact) mass is 379 g/mol. The van der Waals surface area contributed by atoms with Crippen LogP contribution in [0.5, 0.6) is 11.5 Å². The summed E-state index contributed by atoms with van der Waals surface area (Å²) in [7, 11) is -3.41. The minimum Gasteiger partial charge on any atom is -0.486 e. The van der Waals surface area contributed by atoms with E-state index in [0.29, 0.717) is 24.7 Å². The van der Waals surface area contributed by atoms with Gasteiger partial charge in [0.2, 0.25) is 5.91 Å². The van der Waals surface area contributed by atoms with Crippen molar-refractivity contribution in [1.29, 1.82) is 0 Å². The first-order valence-corrected chi connectivity index (χ1v) is 10.4. The van der Waals surface area contributed by atoms with Crippen LogP contribution in [0.1, 0.15) is 0 Å². The van der Waals surface area contributed by atoms with Crippen molar-refractivity contribution < 1.29 is 22.7 Å².